The van der Waals surface area contributed by atoms with Crippen molar-refractivity contribution in [3.05, 3.63) is 102 Å². The number of piperidine rings is 2. The van der Waals surface area contributed by atoms with Gasteiger partial charge < -0.3 is 69.9 Å². The maximum absolute atomic E-state index is 14.4. The minimum absolute atomic E-state index is 0.0263. The van der Waals surface area contributed by atoms with E-state index in [1.165, 1.54) is 4.90 Å². The molecule has 20 heteroatoms. The van der Waals surface area contributed by atoms with Crippen molar-refractivity contribution >= 4 is 46.2 Å². The van der Waals surface area contributed by atoms with Crippen molar-refractivity contribution in [2.24, 2.45) is 11.8 Å². The van der Waals surface area contributed by atoms with Crippen LogP contribution < -0.4 is 30.5 Å². The number of aliphatic hydroxyl groups is 2. The van der Waals surface area contributed by atoms with Crippen molar-refractivity contribution in [2.75, 3.05) is 79.4 Å². The molecule has 0 radical (unpaired) electrons. The first-order chi connectivity index (χ1) is 39.3. The number of aryl methyl sites for hydroxylation is 1. The second kappa shape index (κ2) is 23.6. The van der Waals surface area contributed by atoms with Gasteiger partial charge in [-0.3, -0.25) is 9.59 Å². The predicted molar refractivity (Wildman–Crippen MR) is 311 cm³/mol. The number of nitrogens with two attached hydrogens (primary N) is 1. The van der Waals surface area contributed by atoms with E-state index in [1.54, 1.807) is 17.4 Å². The number of thiazole rings is 1. The molecule has 5 aliphatic heterocycles. The number of pyridine rings is 1. The number of nitrogens with one attached hydrogen (secondary N) is 2. The van der Waals surface area contributed by atoms with E-state index in [0.29, 0.717) is 41.3 Å². The lowest BCUT2D eigenvalue weighted by Gasteiger charge is -2.43. The van der Waals surface area contributed by atoms with Crippen LogP contribution >= 0.6 is 11.3 Å². The summed E-state index contributed by atoms with van der Waals surface area (Å²) in [6, 6.07) is 22.2. The molecular formula is C61H77N11O8S. The summed E-state index contributed by atoms with van der Waals surface area (Å²) in [4.78, 5) is 52.9. The predicted octanol–water partition coefficient (Wildman–Crippen LogP) is 7.50. The number of amides is 2. The summed E-state index contributed by atoms with van der Waals surface area (Å²) in [5, 5.41) is 39.0. The third-order valence-electron chi connectivity index (χ3n) is 18.0. The highest BCUT2D eigenvalue weighted by molar-refractivity contribution is 7.13. The minimum Gasteiger partial charge on any atom is -0.507 e. The van der Waals surface area contributed by atoms with Gasteiger partial charge in [-0.1, -0.05) is 55.4 Å². The Morgan fingerprint density at radius 2 is 1.63 bits per heavy atom. The quantitative estimate of drug-likeness (QED) is 0.0489. The Morgan fingerprint density at radius 3 is 2.33 bits per heavy atom. The average molecular weight is 1120 g/mol. The fourth-order valence-electron chi connectivity index (χ4n) is 13.6. The molecule has 4 aromatic heterocycles. The number of piperazine rings is 1. The number of para-hydroxylation sites is 1. The number of benzene rings is 2. The number of nitrogen functional groups attached to an aromatic ring is 1. The zero-order valence-electron chi connectivity index (χ0n) is 46.6. The number of rotatable bonds is 18. The molecule has 9 heterocycles. The molecule has 0 spiro atoms. The number of carbonyl (C=O) groups excluding carboxylic acids is 2. The Kier molecular flexibility index (Phi) is 16.0. The Morgan fingerprint density at radius 1 is 0.877 bits per heavy atom. The van der Waals surface area contributed by atoms with Gasteiger partial charge in [-0.2, -0.15) is 0 Å². The second-order valence-electron chi connectivity index (χ2n) is 23.8. The highest BCUT2D eigenvalue weighted by Gasteiger charge is 2.45. The van der Waals surface area contributed by atoms with Gasteiger partial charge in [-0.15, -0.1) is 11.3 Å². The Balaban J connectivity index is 0.565. The van der Waals surface area contributed by atoms with E-state index in [0.717, 1.165) is 142 Å². The standard InChI is InChI=1S/C61H77N11O8S/c1-36(2)57(61(77)71-33-44(74)25-52(71)60(76)66-50(34-73)39-8-10-40(11-9-39)58-37(3)64-35-81-58)54-29-55(67-80-54)69-22-15-38(16-23-69)30-68-20-17-45(18-21-68)78-46-26-47(27-46)79-56-24-41(14-19-63-56)72-42-12-13-43(72)32-70(31-42)51-28-49(65-59(51)62)48-6-4-5-7-53(48)75/h4-11,14,19,24,28-29,35-36,38,42-47,50,52,57,65,73-75H,12-13,15-18,20-23,25-27,30-34,62H2,1-3H3,(H,66,76)/t42?,43?,44-,46-,47-,50+,52+,57-/m1/s1. The highest BCUT2D eigenvalue weighted by Crippen LogP contribution is 2.42. The minimum atomic E-state index is -0.908. The summed E-state index contributed by atoms with van der Waals surface area (Å²) < 4.78 is 19.0. The topological polar surface area (TPSA) is 235 Å². The van der Waals surface area contributed by atoms with E-state index >= 15 is 0 Å². The van der Waals surface area contributed by atoms with Crippen LogP contribution in [0.25, 0.3) is 21.7 Å². The average Bonchev–Trinajstić information content (AvgIpc) is 4.46. The first-order valence-electron chi connectivity index (χ1n) is 29.2. The molecule has 12 rings (SSSR count). The van der Waals surface area contributed by atoms with E-state index in [9.17, 15) is 24.9 Å². The zero-order valence-corrected chi connectivity index (χ0v) is 47.4. The lowest BCUT2D eigenvalue weighted by atomic mass is 9.91. The highest BCUT2D eigenvalue weighted by atomic mass is 32.1. The smallest absolute Gasteiger partial charge is 0.243 e. The SMILES string of the molecule is Cc1ncsc1-c1ccc([C@H](CO)NC(=O)[C@@H]2C[C@@H](O)CN2C(=O)[C@@H](c2cc(N3CCC(CN4CCC(O[C@H]5C[C@H](Oc6cc(N7C8CCC7CN(c7cc(-c9ccccc9O)[nH]c7N)C8)ccn6)C5)CC4)CC3)no2)C(C)C)cc1. The van der Waals surface area contributed by atoms with Crippen molar-refractivity contribution in [1.82, 2.24) is 35.2 Å². The van der Waals surface area contributed by atoms with Gasteiger partial charge in [0.05, 0.1) is 58.4 Å². The molecule has 6 aliphatic rings. The molecule has 6 fully saturated rings. The number of hydrogen-bond acceptors (Lipinski definition) is 17. The number of ether oxygens (including phenoxy) is 2. The van der Waals surface area contributed by atoms with Crippen LogP contribution in [0.2, 0.25) is 0 Å². The van der Waals surface area contributed by atoms with Crippen LogP contribution in [0.4, 0.5) is 23.0 Å². The Bertz CT molecular complexity index is 3110. The van der Waals surface area contributed by atoms with Crippen molar-refractivity contribution in [3.8, 4) is 33.3 Å². The Labute approximate surface area is 477 Å². The van der Waals surface area contributed by atoms with Crippen LogP contribution in [-0.4, -0.2) is 159 Å². The second-order valence-corrected chi connectivity index (χ2v) is 24.6. The maximum atomic E-state index is 14.4. The van der Waals surface area contributed by atoms with Crippen molar-refractivity contribution in [1.29, 1.82) is 0 Å². The van der Waals surface area contributed by atoms with Gasteiger partial charge in [0.2, 0.25) is 17.7 Å². The first kappa shape index (κ1) is 54.9. The van der Waals surface area contributed by atoms with Crippen LogP contribution in [0.5, 0.6) is 11.6 Å². The summed E-state index contributed by atoms with van der Waals surface area (Å²) in [7, 11) is 0. The largest absolute Gasteiger partial charge is 0.507 e. The van der Waals surface area contributed by atoms with Crippen LogP contribution in [0.1, 0.15) is 101 Å². The lowest BCUT2D eigenvalue weighted by molar-refractivity contribution is -0.141. The van der Waals surface area contributed by atoms with Crippen molar-refractivity contribution in [2.45, 2.75) is 133 Å². The number of phenolic OH excluding ortho intramolecular Hbond substituents is 1. The van der Waals surface area contributed by atoms with E-state index in [-0.39, 0.29) is 55.5 Å². The summed E-state index contributed by atoms with van der Waals surface area (Å²) in [5.74, 6) is 1.67. The van der Waals surface area contributed by atoms with E-state index in [2.05, 4.69) is 63.2 Å². The van der Waals surface area contributed by atoms with Gasteiger partial charge in [0.1, 0.15) is 29.6 Å². The molecule has 2 bridgehead atoms. The van der Waals surface area contributed by atoms with Gasteiger partial charge in [-0.25, -0.2) is 9.97 Å². The van der Waals surface area contributed by atoms with Gasteiger partial charge in [0.25, 0.3) is 0 Å². The number of aromatic hydroxyl groups is 1. The fourth-order valence-corrected chi connectivity index (χ4v) is 14.4. The van der Waals surface area contributed by atoms with E-state index in [4.69, 9.17) is 19.7 Å². The first-order valence-corrected chi connectivity index (χ1v) is 30.1. The van der Waals surface area contributed by atoms with Gasteiger partial charge in [-0.05, 0) is 92.7 Å². The molecular weight excluding hydrogens is 1050 g/mol. The number of aromatic nitrogens is 4. The van der Waals surface area contributed by atoms with Crippen LogP contribution in [0.3, 0.4) is 0 Å². The molecule has 430 valence electrons. The number of aliphatic hydroxyl groups excluding tert-OH is 2. The summed E-state index contributed by atoms with van der Waals surface area (Å²) in [6.07, 6.45) is 9.75. The number of carbonyl (C=O) groups is 2. The van der Waals surface area contributed by atoms with Crippen LogP contribution in [-0.2, 0) is 14.3 Å². The molecule has 2 aromatic carbocycles. The summed E-state index contributed by atoms with van der Waals surface area (Å²) >= 11 is 1.56. The normalized spacial score (nSPS) is 24.4. The monoisotopic (exact) mass is 1120 g/mol. The Hall–Kier alpha value is -6.71. The molecule has 2 unspecified atom stereocenters. The van der Waals surface area contributed by atoms with Crippen molar-refractivity contribution < 1.29 is 38.9 Å². The number of likely N-dealkylation sites (tertiary alicyclic amines) is 2. The fraction of sp³-hybridized carbons (Fsp3) is 0.525. The van der Waals surface area contributed by atoms with Gasteiger partial charge >= 0.3 is 0 Å². The van der Waals surface area contributed by atoms with E-state index in [1.807, 2.05) is 81.0 Å². The number of nitrogens with zero attached hydrogens (tertiary/aromatic N) is 8. The summed E-state index contributed by atoms with van der Waals surface area (Å²) in [5.41, 5.74) is 14.7. The van der Waals surface area contributed by atoms with E-state index < -0.39 is 30.0 Å². The lowest BCUT2D eigenvalue weighted by Crippen LogP contribution is -2.54. The number of β-amino-alcohol motifs (C(OH)–C–C–N with tert-alkyl or cyclic N) is 1. The third-order valence-corrected chi connectivity index (χ3v) is 19.0. The molecule has 7 N–H and O–H groups in total. The molecule has 6 aromatic rings. The zero-order chi connectivity index (χ0) is 55.9. The number of fused-ring (bicyclic) bond motifs is 2. The van der Waals surface area contributed by atoms with Gasteiger partial charge in [0, 0.05) is 113 Å². The number of hydrogen-bond donors (Lipinski definition) is 6. The number of anilines is 4. The molecule has 81 heavy (non-hydrogen) atoms. The molecule has 6 atom stereocenters. The number of phenols is 1. The van der Waals surface area contributed by atoms with Crippen LogP contribution in [0.15, 0.2) is 89.0 Å². The van der Waals surface area contributed by atoms with Crippen molar-refractivity contribution in [3.63, 3.8) is 0 Å². The molecule has 5 saturated heterocycles. The number of H-pyrrole nitrogens is 1. The number of aromatic amines is 1. The maximum Gasteiger partial charge on any atom is 0.243 e. The molecule has 2 amide bonds. The summed E-state index contributed by atoms with van der Waals surface area (Å²) in [6.45, 7) is 12.1. The third kappa shape index (κ3) is 11.7. The molecule has 1 saturated carbocycles. The van der Waals surface area contributed by atoms with Gasteiger partial charge in [0.15, 0.2) is 11.6 Å². The van der Waals surface area contributed by atoms with Crippen LogP contribution in [0, 0.1) is 18.8 Å². The molecule has 19 nitrogen and oxygen atoms in total. The molecule has 1 aliphatic carbocycles.